The molecule has 0 saturated carbocycles. The van der Waals surface area contributed by atoms with Crippen molar-refractivity contribution in [1.29, 1.82) is 0 Å². The summed E-state index contributed by atoms with van der Waals surface area (Å²) in [5.41, 5.74) is 2.38. The lowest BCUT2D eigenvalue weighted by atomic mass is 10.1. The number of hydrogen-bond acceptors (Lipinski definition) is 5. The molecule has 0 aliphatic heterocycles. The number of thiazole rings is 1. The quantitative estimate of drug-likeness (QED) is 0.534. The highest BCUT2D eigenvalue weighted by atomic mass is 32.1. The van der Waals surface area contributed by atoms with E-state index < -0.39 is 0 Å². The first-order valence-corrected chi connectivity index (χ1v) is 7.87. The van der Waals surface area contributed by atoms with Gasteiger partial charge >= 0.3 is 5.82 Å². The summed E-state index contributed by atoms with van der Waals surface area (Å²) >= 11 is 1.39. The van der Waals surface area contributed by atoms with E-state index in [4.69, 9.17) is 0 Å². The fraction of sp³-hybridized carbons (Fsp3) is 0.267. The molecule has 1 aromatic carbocycles. The molecule has 0 aliphatic carbocycles. The van der Waals surface area contributed by atoms with Gasteiger partial charge in [0.1, 0.15) is 6.20 Å². The first-order chi connectivity index (χ1) is 10.6. The fourth-order valence-electron chi connectivity index (χ4n) is 2.42. The largest absolute Gasteiger partial charge is 0.373 e. The molecular formula is C15H16N4O2S. The molecule has 0 bridgehead atoms. The Morgan fingerprint density at radius 1 is 1.32 bits per heavy atom. The number of hydrogen-bond donors (Lipinski definition) is 0. The second-order valence-electron chi connectivity index (χ2n) is 5.10. The van der Waals surface area contributed by atoms with Crippen LogP contribution in [-0.4, -0.2) is 21.4 Å². The van der Waals surface area contributed by atoms with Crippen molar-refractivity contribution in [3.63, 3.8) is 0 Å². The van der Waals surface area contributed by atoms with E-state index in [2.05, 4.69) is 36.2 Å². The van der Waals surface area contributed by atoms with E-state index in [0.29, 0.717) is 17.3 Å². The van der Waals surface area contributed by atoms with Crippen molar-refractivity contribution in [2.75, 3.05) is 11.9 Å². The third-order valence-corrected chi connectivity index (χ3v) is 4.36. The smallest absolute Gasteiger partial charge is 0.358 e. The van der Waals surface area contributed by atoms with Crippen molar-refractivity contribution in [2.45, 2.75) is 19.9 Å². The number of fused-ring (bicyclic) bond motifs is 1. The molecule has 114 valence electrons. The minimum Gasteiger partial charge on any atom is -0.358 e. The van der Waals surface area contributed by atoms with Gasteiger partial charge in [-0.1, -0.05) is 42.5 Å². The molecule has 0 atom stereocenters. The predicted octanol–water partition coefficient (Wildman–Crippen LogP) is 3.50. The van der Waals surface area contributed by atoms with Crippen LogP contribution in [0.2, 0.25) is 0 Å². The van der Waals surface area contributed by atoms with Gasteiger partial charge in [-0.3, -0.25) is 0 Å². The maximum Gasteiger partial charge on any atom is 0.373 e. The van der Waals surface area contributed by atoms with Crippen LogP contribution >= 0.6 is 11.3 Å². The average molecular weight is 316 g/mol. The van der Waals surface area contributed by atoms with Crippen LogP contribution in [0.25, 0.3) is 4.96 Å². The Labute approximate surface area is 131 Å². The molecule has 3 aromatic rings. The first-order valence-electron chi connectivity index (χ1n) is 6.99. The summed E-state index contributed by atoms with van der Waals surface area (Å²) in [5, 5.41) is 13.2. The van der Waals surface area contributed by atoms with Gasteiger partial charge in [-0.05, 0) is 22.5 Å². The molecule has 6 nitrogen and oxygen atoms in total. The van der Waals surface area contributed by atoms with Crippen LogP contribution in [-0.2, 0) is 13.0 Å². The van der Waals surface area contributed by atoms with Gasteiger partial charge in [-0.15, -0.1) is 0 Å². The van der Waals surface area contributed by atoms with Crippen molar-refractivity contribution >= 4 is 27.9 Å². The van der Waals surface area contributed by atoms with E-state index in [0.717, 1.165) is 12.0 Å². The Morgan fingerprint density at radius 2 is 2.00 bits per heavy atom. The third kappa shape index (κ3) is 2.55. The summed E-state index contributed by atoms with van der Waals surface area (Å²) in [5.74, 6) is 0.417. The number of anilines is 1. The second-order valence-corrected chi connectivity index (χ2v) is 5.97. The van der Waals surface area contributed by atoms with Gasteiger partial charge in [0.15, 0.2) is 0 Å². The molecule has 0 unspecified atom stereocenters. The van der Waals surface area contributed by atoms with Crippen molar-refractivity contribution < 1.29 is 4.92 Å². The van der Waals surface area contributed by atoms with Gasteiger partial charge in [0.25, 0.3) is 4.96 Å². The molecule has 0 spiro atoms. The molecule has 22 heavy (non-hydrogen) atoms. The van der Waals surface area contributed by atoms with E-state index in [1.165, 1.54) is 21.3 Å². The molecule has 0 N–H and O–H groups in total. The second kappa shape index (κ2) is 5.76. The molecule has 0 radical (unpaired) electrons. The molecule has 0 aliphatic rings. The maximum atomic E-state index is 11.4. The number of aromatic nitrogens is 2. The summed E-state index contributed by atoms with van der Waals surface area (Å²) in [6.45, 7) is 2.69. The standard InChI is InChI=1S/C15H16N4O2S/c1-3-11-4-6-12(7-5-11)10-17(2)13-14(19(20)21)18-8-9-22-15(18)16-13/h4-9H,3,10H2,1-2H3. The summed E-state index contributed by atoms with van der Waals surface area (Å²) in [7, 11) is 1.83. The van der Waals surface area contributed by atoms with Gasteiger partial charge in [-0.2, -0.15) is 9.38 Å². The van der Waals surface area contributed by atoms with Crippen LogP contribution in [0.15, 0.2) is 35.8 Å². The van der Waals surface area contributed by atoms with Crippen molar-refractivity contribution in [3.05, 3.63) is 57.1 Å². The minimum atomic E-state index is -0.376. The molecular weight excluding hydrogens is 300 g/mol. The number of imidazole rings is 1. The average Bonchev–Trinajstić information content (AvgIpc) is 3.07. The molecule has 0 fully saturated rings. The SMILES string of the molecule is CCc1ccc(CN(C)c2nc3sccn3c2[N+](=O)[O-])cc1. The molecule has 0 saturated heterocycles. The summed E-state index contributed by atoms with van der Waals surface area (Å²) in [6.07, 6.45) is 2.68. The van der Waals surface area contributed by atoms with Crippen LogP contribution in [0, 0.1) is 10.1 Å². The van der Waals surface area contributed by atoms with Crippen LogP contribution in [0.1, 0.15) is 18.1 Å². The van der Waals surface area contributed by atoms with Gasteiger partial charge < -0.3 is 15.0 Å². The van der Waals surface area contributed by atoms with E-state index in [-0.39, 0.29) is 10.7 Å². The van der Waals surface area contributed by atoms with Gasteiger partial charge in [0.05, 0.1) is 0 Å². The Kier molecular flexibility index (Phi) is 3.81. The molecule has 2 heterocycles. The van der Waals surface area contributed by atoms with Crippen molar-refractivity contribution in [3.8, 4) is 0 Å². The van der Waals surface area contributed by atoms with E-state index in [1.54, 1.807) is 11.6 Å². The van der Waals surface area contributed by atoms with Crippen LogP contribution in [0.3, 0.4) is 0 Å². The van der Waals surface area contributed by atoms with Gasteiger partial charge in [0, 0.05) is 19.0 Å². The monoisotopic (exact) mass is 316 g/mol. The van der Waals surface area contributed by atoms with Crippen LogP contribution in [0.4, 0.5) is 11.6 Å². The Balaban J connectivity index is 1.90. The molecule has 2 aromatic heterocycles. The number of rotatable bonds is 5. The highest BCUT2D eigenvalue weighted by Crippen LogP contribution is 2.31. The van der Waals surface area contributed by atoms with Gasteiger partial charge in [0.2, 0.25) is 5.82 Å². The van der Waals surface area contributed by atoms with E-state index in [9.17, 15) is 10.1 Å². The zero-order chi connectivity index (χ0) is 15.7. The highest BCUT2D eigenvalue weighted by molar-refractivity contribution is 7.15. The van der Waals surface area contributed by atoms with Crippen molar-refractivity contribution in [2.24, 2.45) is 0 Å². The maximum absolute atomic E-state index is 11.4. The Hall–Kier alpha value is -2.41. The lowest BCUT2D eigenvalue weighted by Crippen LogP contribution is -2.18. The molecule has 7 heteroatoms. The van der Waals surface area contributed by atoms with Crippen LogP contribution in [0.5, 0.6) is 0 Å². The first kappa shape index (κ1) is 14.5. The fourth-order valence-corrected chi connectivity index (χ4v) is 3.12. The molecule has 0 amide bonds. The zero-order valence-electron chi connectivity index (χ0n) is 12.4. The van der Waals surface area contributed by atoms with Crippen molar-refractivity contribution in [1.82, 2.24) is 9.38 Å². The minimum absolute atomic E-state index is 0.0175. The van der Waals surface area contributed by atoms with Crippen LogP contribution < -0.4 is 4.90 Å². The highest BCUT2D eigenvalue weighted by Gasteiger charge is 2.26. The summed E-state index contributed by atoms with van der Waals surface area (Å²) < 4.78 is 1.52. The van der Waals surface area contributed by atoms with E-state index >= 15 is 0 Å². The van der Waals surface area contributed by atoms with Gasteiger partial charge in [-0.25, -0.2) is 0 Å². The topological polar surface area (TPSA) is 63.7 Å². The predicted molar refractivity (Wildman–Crippen MR) is 87.7 cm³/mol. The Morgan fingerprint density at radius 3 is 2.64 bits per heavy atom. The lowest BCUT2D eigenvalue weighted by Gasteiger charge is -2.16. The number of benzene rings is 1. The Bertz CT molecular complexity index is 807. The summed E-state index contributed by atoms with van der Waals surface area (Å²) in [6, 6.07) is 8.28. The summed E-state index contributed by atoms with van der Waals surface area (Å²) in [4.78, 5) is 17.8. The normalized spacial score (nSPS) is 11.0. The zero-order valence-corrected chi connectivity index (χ0v) is 13.2. The molecule has 3 rings (SSSR count). The van der Waals surface area contributed by atoms with E-state index in [1.807, 2.05) is 11.9 Å². The number of nitro groups is 1. The number of nitrogens with zero attached hydrogens (tertiary/aromatic N) is 4. The lowest BCUT2D eigenvalue weighted by molar-refractivity contribution is -0.389. The third-order valence-electron chi connectivity index (χ3n) is 3.60. The number of aryl methyl sites for hydroxylation is 1.